The highest BCUT2D eigenvalue weighted by molar-refractivity contribution is 5.82. The lowest BCUT2D eigenvalue weighted by atomic mass is 9.96. The number of β-amino-alcohol motifs (C(OH)–C–C–N with tert-alkyl or cyclic N) is 1. The molecule has 1 saturated heterocycles. The Balaban J connectivity index is 1.96. The molecule has 0 aliphatic carbocycles. The van der Waals surface area contributed by atoms with Gasteiger partial charge in [0.05, 0.1) is 12.4 Å². The molecule has 3 rings (SSSR count). The Bertz CT molecular complexity index is 525. The summed E-state index contributed by atoms with van der Waals surface area (Å²) in [7, 11) is 0. The summed E-state index contributed by atoms with van der Waals surface area (Å²) >= 11 is 0. The van der Waals surface area contributed by atoms with Crippen molar-refractivity contribution < 1.29 is 5.11 Å². The molecule has 0 bridgehead atoms. The molecule has 90 valence electrons. The molecule has 2 aromatic rings. The van der Waals surface area contributed by atoms with Crippen LogP contribution in [-0.2, 0) is 0 Å². The van der Waals surface area contributed by atoms with E-state index >= 15 is 0 Å². The summed E-state index contributed by atoms with van der Waals surface area (Å²) in [6, 6.07) is 0. The highest BCUT2D eigenvalue weighted by Gasteiger charge is 2.26. The Labute approximate surface area is 98.7 Å². The molecule has 2 unspecified atom stereocenters. The fourth-order valence-electron chi connectivity index (χ4n) is 2.23. The van der Waals surface area contributed by atoms with E-state index in [0.29, 0.717) is 18.1 Å². The molecule has 2 atom stereocenters. The Morgan fingerprint density at radius 2 is 2.29 bits per heavy atom. The van der Waals surface area contributed by atoms with Gasteiger partial charge in [-0.3, -0.25) is 0 Å². The van der Waals surface area contributed by atoms with Crippen molar-refractivity contribution in [3.8, 4) is 0 Å². The van der Waals surface area contributed by atoms with Crippen LogP contribution in [0.5, 0.6) is 0 Å². The topological polar surface area (TPSA) is 77.9 Å². The van der Waals surface area contributed by atoms with E-state index in [1.54, 1.807) is 6.33 Å². The van der Waals surface area contributed by atoms with Gasteiger partial charge in [-0.05, 0) is 12.3 Å². The number of aliphatic hydroxyl groups is 1. The van der Waals surface area contributed by atoms with Gasteiger partial charge in [-0.25, -0.2) is 15.0 Å². The maximum absolute atomic E-state index is 9.92. The molecule has 1 aliphatic heterocycles. The molecule has 0 spiro atoms. The molecule has 2 N–H and O–H groups in total. The average molecular weight is 233 g/mol. The van der Waals surface area contributed by atoms with Gasteiger partial charge in [0.1, 0.15) is 11.8 Å². The highest BCUT2D eigenvalue weighted by Crippen LogP contribution is 2.25. The number of H-pyrrole nitrogens is 1. The van der Waals surface area contributed by atoms with Crippen LogP contribution < -0.4 is 4.90 Å². The molecule has 6 heteroatoms. The van der Waals surface area contributed by atoms with Gasteiger partial charge in [0.15, 0.2) is 11.5 Å². The van der Waals surface area contributed by atoms with Crippen LogP contribution in [0.25, 0.3) is 11.2 Å². The SMILES string of the molecule is CC1CCN(c2ncnc3nc[nH]c23)CC1O. The summed E-state index contributed by atoms with van der Waals surface area (Å²) in [5, 5.41) is 9.92. The summed E-state index contributed by atoms with van der Waals surface area (Å²) in [6.45, 7) is 3.60. The van der Waals surface area contributed by atoms with Gasteiger partial charge in [0, 0.05) is 13.1 Å². The number of aromatic nitrogens is 4. The number of imidazole rings is 1. The van der Waals surface area contributed by atoms with Crippen molar-refractivity contribution in [1.29, 1.82) is 0 Å². The minimum atomic E-state index is -0.295. The molecule has 0 saturated carbocycles. The van der Waals surface area contributed by atoms with Crippen LogP contribution in [0.2, 0.25) is 0 Å². The number of fused-ring (bicyclic) bond motifs is 1. The fourth-order valence-corrected chi connectivity index (χ4v) is 2.23. The van der Waals surface area contributed by atoms with Crippen molar-refractivity contribution in [2.75, 3.05) is 18.0 Å². The first kappa shape index (κ1) is 10.5. The van der Waals surface area contributed by atoms with Gasteiger partial charge < -0.3 is 15.0 Å². The molecule has 0 radical (unpaired) electrons. The monoisotopic (exact) mass is 233 g/mol. The van der Waals surface area contributed by atoms with E-state index in [2.05, 4.69) is 31.8 Å². The molecule has 3 heterocycles. The van der Waals surface area contributed by atoms with Gasteiger partial charge >= 0.3 is 0 Å². The summed E-state index contributed by atoms with van der Waals surface area (Å²) < 4.78 is 0. The van der Waals surface area contributed by atoms with Gasteiger partial charge in [-0.2, -0.15) is 0 Å². The third kappa shape index (κ3) is 1.74. The fraction of sp³-hybridized carbons (Fsp3) is 0.545. The largest absolute Gasteiger partial charge is 0.391 e. The van der Waals surface area contributed by atoms with Gasteiger partial charge in [-0.15, -0.1) is 0 Å². The predicted octanol–water partition coefficient (Wildman–Crippen LogP) is 0.560. The van der Waals surface area contributed by atoms with Crippen molar-refractivity contribution >= 4 is 17.0 Å². The number of anilines is 1. The molecule has 0 amide bonds. The van der Waals surface area contributed by atoms with E-state index < -0.39 is 0 Å². The molecule has 1 aliphatic rings. The van der Waals surface area contributed by atoms with E-state index in [1.165, 1.54) is 6.33 Å². The maximum atomic E-state index is 9.92. The third-order valence-electron chi connectivity index (χ3n) is 3.42. The molecular formula is C11H15N5O. The highest BCUT2D eigenvalue weighted by atomic mass is 16.3. The summed E-state index contributed by atoms with van der Waals surface area (Å²) in [6.07, 6.45) is 3.81. The van der Waals surface area contributed by atoms with Crippen LogP contribution in [-0.4, -0.2) is 44.2 Å². The average Bonchev–Trinajstić information content (AvgIpc) is 2.80. The number of hydrogen-bond acceptors (Lipinski definition) is 5. The number of aliphatic hydroxyl groups excluding tert-OH is 1. The number of aromatic amines is 1. The second kappa shape index (κ2) is 3.96. The molecule has 0 aromatic carbocycles. The van der Waals surface area contributed by atoms with E-state index in [-0.39, 0.29) is 6.10 Å². The zero-order chi connectivity index (χ0) is 11.8. The second-order valence-corrected chi connectivity index (χ2v) is 4.58. The molecule has 6 nitrogen and oxygen atoms in total. The van der Waals surface area contributed by atoms with Crippen molar-refractivity contribution in [2.45, 2.75) is 19.4 Å². The van der Waals surface area contributed by atoms with Crippen LogP contribution in [0.3, 0.4) is 0 Å². The first-order valence-corrected chi connectivity index (χ1v) is 5.83. The smallest absolute Gasteiger partial charge is 0.182 e. The minimum Gasteiger partial charge on any atom is -0.391 e. The number of piperidine rings is 1. The van der Waals surface area contributed by atoms with Crippen molar-refractivity contribution in [3.63, 3.8) is 0 Å². The Morgan fingerprint density at radius 1 is 1.41 bits per heavy atom. The Morgan fingerprint density at radius 3 is 3.12 bits per heavy atom. The van der Waals surface area contributed by atoms with Crippen molar-refractivity contribution in [3.05, 3.63) is 12.7 Å². The lowest BCUT2D eigenvalue weighted by Crippen LogP contribution is -2.43. The zero-order valence-electron chi connectivity index (χ0n) is 9.67. The van der Waals surface area contributed by atoms with Crippen LogP contribution >= 0.6 is 0 Å². The molecule has 2 aromatic heterocycles. The Hall–Kier alpha value is -1.69. The maximum Gasteiger partial charge on any atom is 0.182 e. The normalized spacial score (nSPS) is 25.4. The van der Waals surface area contributed by atoms with Crippen LogP contribution in [0.15, 0.2) is 12.7 Å². The van der Waals surface area contributed by atoms with Crippen LogP contribution in [0.4, 0.5) is 5.82 Å². The van der Waals surface area contributed by atoms with Crippen LogP contribution in [0.1, 0.15) is 13.3 Å². The van der Waals surface area contributed by atoms with Gasteiger partial charge in [0.25, 0.3) is 0 Å². The lowest BCUT2D eigenvalue weighted by Gasteiger charge is -2.34. The summed E-state index contributed by atoms with van der Waals surface area (Å²) in [4.78, 5) is 17.6. The molecule has 1 fully saturated rings. The summed E-state index contributed by atoms with van der Waals surface area (Å²) in [5.74, 6) is 1.18. The van der Waals surface area contributed by atoms with Crippen molar-refractivity contribution in [2.24, 2.45) is 5.92 Å². The number of nitrogens with one attached hydrogen (secondary N) is 1. The number of rotatable bonds is 1. The minimum absolute atomic E-state index is 0.295. The van der Waals surface area contributed by atoms with E-state index in [9.17, 15) is 5.11 Å². The van der Waals surface area contributed by atoms with Crippen LogP contribution in [0, 0.1) is 5.92 Å². The molecule has 17 heavy (non-hydrogen) atoms. The zero-order valence-corrected chi connectivity index (χ0v) is 9.67. The number of hydrogen-bond donors (Lipinski definition) is 2. The van der Waals surface area contributed by atoms with Crippen molar-refractivity contribution in [1.82, 2.24) is 19.9 Å². The quantitative estimate of drug-likeness (QED) is 0.752. The van der Waals surface area contributed by atoms with Gasteiger partial charge in [0.2, 0.25) is 0 Å². The summed E-state index contributed by atoms with van der Waals surface area (Å²) in [5.41, 5.74) is 1.51. The van der Waals surface area contributed by atoms with E-state index in [4.69, 9.17) is 0 Å². The first-order valence-electron chi connectivity index (χ1n) is 5.83. The Kier molecular flexibility index (Phi) is 2.44. The third-order valence-corrected chi connectivity index (χ3v) is 3.42. The lowest BCUT2D eigenvalue weighted by molar-refractivity contribution is 0.102. The standard InChI is InChI=1S/C11H15N5O/c1-7-2-3-16(4-8(7)17)11-9-10(13-5-12-9)14-6-15-11/h5-8,17H,2-4H2,1H3,(H,12,13,14,15). The first-order chi connectivity index (χ1) is 8.25. The van der Waals surface area contributed by atoms with Gasteiger partial charge in [-0.1, -0.05) is 6.92 Å². The number of nitrogens with zero attached hydrogens (tertiary/aromatic N) is 4. The van der Waals surface area contributed by atoms with E-state index in [0.717, 1.165) is 24.3 Å². The second-order valence-electron chi connectivity index (χ2n) is 4.58. The molecular weight excluding hydrogens is 218 g/mol. The predicted molar refractivity (Wildman–Crippen MR) is 63.7 cm³/mol. The van der Waals surface area contributed by atoms with E-state index in [1.807, 2.05) is 0 Å².